The molecule has 2 aromatic rings. The molecule has 0 unspecified atom stereocenters. The zero-order valence-corrected chi connectivity index (χ0v) is 12.4. The van der Waals surface area contributed by atoms with Gasteiger partial charge in [0.05, 0.1) is 16.2 Å². The van der Waals surface area contributed by atoms with Crippen LogP contribution in [-0.2, 0) is 0 Å². The van der Waals surface area contributed by atoms with Crippen LogP contribution in [0.25, 0.3) is 6.08 Å². The minimum atomic E-state index is -0.509. The predicted octanol–water partition coefficient (Wildman–Crippen LogP) is 2.89. The number of carbonyl (C=O) groups is 1. The Labute approximate surface area is 132 Å². The SMILES string of the molecule is CNc1ccccc(C(=O)/C=C/c2cccc([N+](=O)[O-])c2)c1=O. The third-order valence-corrected chi connectivity index (χ3v) is 3.17. The highest BCUT2D eigenvalue weighted by Gasteiger charge is 2.09. The van der Waals surface area contributed by atoms with E-state index < -0.39 is 16.1 Å². The lowest BCUT2D eigenvalue weighted by atomic mass is 10.1. The zero-order chi connectivity index (χ0) is 16.8. The maximum atomic E-state index is 12.2. The predicted molar refractivity (Wildman–Crippen MR) is 88.7 cm³/mol. The van der Waals surface area contributed by atoms with Gasteiger partial charge in [-0.05, 0) is 23.8 Å². The number of rotatable bonds is 5. The summed E-state index contributed by atoms with van der Waals surface area (Å²) in [5.74, 6) is -0.464. The monoisotopic (exact) mass is 310 g/mol. The van der Waals surface area contributed by atoms with Crippen LogP contribution < -0.4 is 10.7 Å². The maximum Gasteiger partial charge on any atom is 0.270 e. The van der Waals surface area contributed by atoms with Gasteiger partial charge in [-0.2, -0.15) is 0 Å². The van der Waals surface area contributed by atoms with Gasteiger partial charge < -0.3 is 5.32 Å². The Kier molecular flexibility index (Phi) is 4.99. The van der Waals surface area contributed by atoms with Crippen molar-refractivity contribution < 1.29 is 9.72 Å². The van der Waals surface area contributed by atoms with Gasteiger partial charge in [-0.25, -0.2) is 0 Å². The number of nitro groups is 1. The number of allylic oxidation sites excluding steroid dienone is 1. The van der Waals surface area contributed by atoms with E-state index in [4.69, 9.17) is 0 Å². The molecule has 0 aliphatic carbocycles. The molecule has 0 aromatic heterocycles. The minimum absolute atomic E-state index is 0.0287. The lowest BCUT2D eigenvalue weighted by Crippen LogP contribution is -2.14. The van der Waals surface area contributed by atoms with Crippen molar-refractivity contribution in [3.05, 3.63) is 86.1 Å². The molecule has 0 fully saturated rings. The Morgan fingerprint density at radius 2 is 1.91 bits per heavy atom. The standard InChI is InChI=1S/C17H14N2O4/c1-18-15-8-3-2-7-14(17(15)21)16(20)10-9-12-5-4-6-13(11-12)19(22)23/h2-11H,1H3,(H,18,21)/b10-9+. The normalized spacial score (nSPS) is 10.5. The number of nitrogens with zero attached hydrogens (tertiary/aromatic N) is 1. The summed E-state index contributed by atoms with van der Waals surface area (Å²) in [6, 6.07) is 12.2. The van der Waals surface area contributed by atoms with E-state index in [1.807, 2.05) is 0 Å². The number of carbonyl (C=O) groups excluding carboxylic acids is 1. The van der Waals surface area contributed by atoms with Crippen molar-refractivity contribution in [3.63, 3.8) is 0 Å². The molecule has 0 aliphatic heterocycles. The second-order valence-electron chi connectivity index (χ2n) is 4.67. The molecule has 0 bridgehead atoms. The van der Waals surface area contributed by atoms with Crippen LogP contribution in [0.3, 0.4) is 0 Å². The van der Waals surface area contributed by atoms with Crippen molar-refractivity contribution in [1.29, 1.82) is 0 Å². The van der Waals surface area contributed by atoms with Crippen LogP contribution in [0.4, 0.5) is 11.4 Å². The molecule has 0 saturated heterocycles. The zero-order valence-electron chi connectivity index (χ0n) is 12.4. The Morgan fingerprint density at radius 3 is 2.61 bits per heavy atom. The Morgan fingerprint density at radius 1 is 1.17 bits per heavy atom. The molecule has 0 radical (unpaired) electrons. The molecule has 0 heterocycles. The average Bonchev–Trinajstić information content (AvgIpc) is 2.74. The molecule has 116 valence electrons. The molecule has 23 heavy (non-hydrogen) atoms. The van der Waals surface area contributed by atoms with Gasteiger partial charge in [-0.1, -0.05) is 30.3 Å². The number of hydrogen-bond acceptors (Lipinski definition) is 5. The third kappa shape index (κ3) is 3.88. The highest BCUT2D eigenvalue weighted by Crippen LogP contribution is 2.14. The molecule has 0 atom stereocenters. The van der Waals surface area contributed by atoms with Crippen LogP contribution in [0.2, 0.25) is 0 Å². The molecular weight excluding hydrogens is 296 g/mol. The first-order chi connectivity index (χ1) is 11.0. The molecular formula is C17H14N2O4. The van der Waals surface area contributed by atoms with Gasteiger partial charge in [-0.15, -0.1) is 0 Å². The summed E-state index contributed by atoms with van der Waals surface area (Å²) in [6.07, 6.45) is 2.68. The lowest BCUT2D eigenvalue weighted by molar-refractivity contribution is -0.384. The molecule has 2 aromatic carbocycles. The topological polar surface area (TPSA) is 89.3 Å². The molecule has 0 spiro atoms. The summed E-state index contributed by atoms with van der Waals surface area (Å²) in [7, 11) is 1.60. The van der Waals surface area contributed by atoms with Crippen molar-refractivity contribution in [2.45, 2.75) is 0 Å². The van der Waals surface area contributed by atoms with Gasteiger partial charge in [0.25, 0.3) is 5.69 Å². The highest BCUT2D eigenvalue weighted by molar-refractivity contribution is 6.07. The van der Waals surface area contributed by atoms with Gasteiger partial charge in [0.2, 0.25) is 5.43 Å². The van der Waals surface area contributed by atoms with E-state index in [0.717, 1.165) is 0 Å². The summed E-state index contributed by atoms with van der Waals surface area (Å²) in [5, 5.41) is 13.5. The first kappa shape index (κ1) is 16.1. The number of nitro benzene ring substituents is 1. The molecule has 6 heteroatoms. The smallest absolute Gasteiger partial charge is 0.270 e. The fourth-order valence-electron chi connectivity index (χ4n) is 1.99. The van der Waals surface area contributed by atoms with Crippen molar-refractivity contribution in [2.24, 2.45) is 0 Å². The van der Waals surface area contributed by atoms with E-state index >= 15 is 0 Å². The number of ketones is 1. The van der Waals surface area contributed by atoms with Crippen LogP contribution >= 0.6 is 0 Å². The number of hydrogen-bond donors (Lipinski definition) is 1. The molecule has 0 amide bonds. The van der Waals surface area contributed by atoms with E-state index in [2.05, 4.69) is 5.32 Å². The molecule has 2 rings (SSSR count). The van der Waals surface area contributed by atoms with Gasteiger partial charge >= 0.3 is 0 Å². The van der Waals surface area contributed by atoms with Gasteiger partial charge in [0, 0.05) is 19.2 Å². The van der Waals surface area contributed by atoms with Crippen LogP contribution in [-0.4, -0.2) is 17.8 Å². The number of anilines is 1. The molecule has 0 aliphatic rings. The van der Waals surface area contributed by atoms with E-state index in [1.165, 1.54) is 36.4 Å². The van der Waals surface area contributed by atoms with E-state index in [0.29, 0.717) is 11.3 Å². The second-order valence-corrected chi connectivity index (χ2v) is 4.67. The minimum Gasteiger partial charge on any atom is -0.385 e. The van der Waals surface area contributed by atoms with E-state index in [-0.39, 0.29) is 11.3 Å². The summed E-state index contributed by atoms with van der Waals surface area (Å²) < 4.78 is 0. The van der Waals surface area contributed by atoms with Gasteiger partial charge in [-0.3, -0.25) is 19.7 Å². The summed E-state index contributed by atoms with van der Waals surface area (Å²) >= 11 is 0. The Hall–Kier alpha value is -3.28. The third-order valence-electron chi connectivity index (χ3n) is 3.17. The lowest BCUT2D eigenvalue weighted by Gasteiger charge is -1.96. The van der Waals surface area contributed by atoms with Crippen molar-refractivity contribution in [2.75, 3.05) is 12.4 Å². The van der Waals surface area contributed by atoms with E-state index in [1.54, 1.807) is 31.3 Å². The number of nitrogens with one attached hydrogen (secondary N) is 1. The summed E-state index contributed by atoms with van der Waals surface area (Å²) in [6.45, 7) is 0. The van der Waals surface area contributed by atoms with Crippen LogP contribution in [0, 0.1) is 10.1 Å². The molecule has 1 N–H and O–H groups in total. The quantitative estimate of drug-likeness (QED) is 0.397. The highest BCUT2D eigenvalue weighted by atomic mass is 16.6. The first-order valence-corrected chi connectivity index (χ1v) is 6.81. The fourth-order valence-corrected chi connectivity index (χ4v) is 1.99. The number of benzene rings is 1. The largest absolute Gasteiger partial charge is 0.385 e. The summed E-state index contributed by atoms with van der Waals surface area (Å²) in [5.41, 5.74) is 0.399. The maximum absolute atomic E-state index is 12.2. The van der Waals surface area contributed by atoms with E-state index in [9.17, 15) is 19.7 Å². The van der Waals surface area contributed by atoms with Gasteiger partial charge in [0.1, 0.15) is 0 Å². The average molecular weight is 310 g/mol. The van der Waals surface area contributed by atoms with Crippen molar-refractivity contribution >= 4 is 23.2 Å². The van der Waals surface area contributed by atoms with Crippen LogP contribution in [0.5, 0.6) is 0 Å². The summed E-state index contributed by atoms with van der Waals surface area (Å²) in [4.78, 5) is 34.6. The van der Waals surface area contributed by atoms with Crippen molar-refractivity contribution in [1.82, 2.24) is 0 Å². The van der Waals surface area contributed by atoms with Crippen molar-refractivity contribution in [3.8, 4) is 0 Å². The second kappa shape index (κ2) is 7.13. The Bertz CT molecular complexity index is 844. The first-order valence-electron chi connectivity index (χ1n) is 6.81. The van der Waals surface area contributed by atoms with Gasteiger partial charge in [0.15, 0.2) is 5.78 Å². The van der Waals surface area contributed by atoms with Crippen LogP contribution in [0.15, 0.2) is 59.4 Å². The molecule has 6 nitrogen and oxygen atoms in total. The molecule has 0 saturated carbocycles. The number of non-ortho nitro benzene ring substituents is 1. The van der Waals surface area contributed by atoms with Crippen LogP contribution in [0.1, 0.15) is 15.9 Å². The fraction of sp³-hybridized carbons (Fsp3) is 0.0588. The Balaban J connectivity index is 2.33.